The zero-order valence-corrected chi connectivity index (χ0v) is 13.3. The van der Waals surface area contributed by atoms with Gasteiger partial charge in [-0.1, -0.05) is 18.2 Å². The lowest BCUT2D eigenvalue weighted by Gasteiger charge is -2.08. The van der Waals surface area contributed by atoms with Crippen LogP contribution in [0.5, 0.6) is 5.75 Å². The summed E-state index contributed by atoms with van der Waals surface area (Å²) >= 11 is 1.48. The van der Waals surface area contributed by atoms with E-state index in [9.17, 15) is 4.79 Å². The van der Waals surface area contributed by atoms with Crippen LogP contribution >= 0.6 is 11.3 Å². The molecule has 1 heterocycles. The second-order valence-electron chi connectivity index (χ2n) is 5.27. The van der Waals surface area contributed by atoms with Gasteiger partial charge >= 0.3 is 0 Å². The maximum atomic E-state index is 12.1. The maximum Gasteiger partial charge on any atom is 0.270 e. The minimum Gasteiger partial charge on any atom is -0.496 e. The van der Waals surface area contributed by atoms with Gasteiger partial charge in [0, 0.05) is 18.0 Å². The summed E-state index contributed by atoms with van der Waals surface area (Å²) in [6.45, 7) is 0.558. The highest BCUT2D eigenvalue weighted by Gasteiger charge is 2.22. The largest absolute Gasteiger partial charge is 0.496 e. The second kappa shape index (κ2) is 6.79. The number of carbonyl (C=O) groups is 1. The predicted molar refractivity (Wildman–Crippen MR) is 87.8 cm³/mol. The Morgan fingerprint density at radius 2 is 2.23 bits per heavy atom. The number of hydrogen-bond acceptors (Lipinski definition) is 5. The Morgan fingerprint density at radius 1 is 1.41 bits per heavy atom. The first-order chi connectivity index (χ1) is 10.8. The molecule has 1 aromatic heterocycles. The van der Waals surface area contributed by atoms with Crippen molar-refractivity contribution in [2.24, 2.45) is 0 Å². The van der Waals surface area contributed by atoms with Gasteiger partial charge in [-0.2, -0.15) is 0 Å². The highest BCUT2D eigenvalue weighted by atomic mass is 32.1. The Hall–Kier alpha value is -2.08. The van der Waals surface area contributed by atoms with E-state index in [1.165, 1.54) is 24.2 Å². The molecule has 5 nitrogen and oxygen atoms in total. The van der Waals surface area contributed by atoms with Crippen molar-refractivity contribution in [3.63, 3.8) is 0 Å². The highest BCUT2D eigenvalue weighted by molar-refractivity contribution is 7.13. The number of aromatic nitrogens is 1. The molecule has 1 aliphatic carbocycles. The monoisotopic (exact) mass is 317 g/mol. The van der Waals surface area contributed by atoms with Crippen LogP contribution in [0.3, 0.4) is 0 Å². The Bertz CT molecular complexity index is 652. The summed E-state index contributed by atoms with van der Waals surface area (Å²) < 4.78 is 5.30. The van der Waals surface area contributed by atoms with Crippen molar-refractivity contribution < 1.29 is 9.53 Å². The van der Waals surface area contributed by atoms with Crippen LogP contribution in [-0.2, 0) is 6.42 Å². The summed E-state index contributed by atoms with van der Waals surface area (Å²) in [6.07, 6.45) is 3.12. The second-order valence-corrected chi connectivity index (χ2v) is 6.13. The van der Waals surface area contributed by atoms with E-state index in [2.05, 4.69) is 15.6 Å². The van der Waals surface area contributed by atoms with Gasteiger partial charge in [-0.15, -0.1) is 11.3 Å². The molecule has 6 heteroatoms. The molecule has 22 heavy (non-hydrogen) atoms. The number of carbonyl (C=O) groups excluding carboxylic acids is 1. The van der Waals surface area contributed by atoms with Crippen LogP contribution in [0.1, 0.15) is 28.9 Å². The average molecular weight is 317 g/mol. The molecule has 1 aliphatic rings. The summed E-state index contributed by atoms with van der Waals surface area (Å²) in [5, 5.41) is 8.83. The van der Waals surface area contributed by atoms with Crippen molar-refractivity contribution in [2.75, 3.05) is 19.0 Å². The van der Waals surface area contributed by atoms with E-state index in [4.69, 9.17) is 4.74 Å². The highest BCUT2D eigenvalue weighted by Crippen LogP contribution is 2.26. The number of hydrogen-bond donors (Lipinski definition) is 2. The minimum atomic E-state index is -0.130. The van der Waals surface area contributed by atoms with Crippen LogP contribution in [0.4, 0.5) is 5.13 Å². The lowest BCUT2D eigenvalue weighted by atomic mass is 10.1. The molecular formula is C16H19N3O2S. The molecular weight excluding hydrogens is 298 g/mol. The van der Waals surface area contributed by atoms with E-state index >= 15 is 0 Å². The van der Waals surface area contributed by atoms with Crippen LogP contribution in [-0.4, -0.2) is 30.6 Å². The lowest BCUT2D eigenvalue weighted by Crippen LogP contribution is -2.26. The van der Waals surface area contributed by atoms with E-state index in [0.717, 1.165) is 22.9 Å². The molecule has 0 radical (unpaired) electrons. The van der Waals surface area contributed by atoms with Gasteiger partial charge in [0.2, 0.25) is 0 Å². The smallest absolute Gasteiger partial charge is 0.270 e. The topological polar surface area (TPSA) is 63.2 Å². The molecule has 0 atom stereocenters. The normalized spacial score (nSPS) is 13.7. The molecule has 116 valence electrons. The van der Waals surface area contributed by atoms with Gasteiger partial charge in [0.25, 0.3) is 5.91 Å². The van der Waals surface area contributed by atoms with Gasteiger partial charge in [0.1, 0.15) is 11.4 Å². The molecule has 0 bridgehead atoms. The number of ether oxygens (including phenoxy) is 1. The fourth-order valence-corrected chi connectivity index (χ4v) is 2.93. The first kappa shape index (κ1) is 14.8. The quantitative estimate of drug-likeness (QED) is 0.824. The van der Waals surface area contributed by atoms with E-state index in [0.29, 0.717) is 18.3 Å². The number of rotatable bonds is 7. The Labute approximate surface area is 133 Å². The molecule has 0 spiro atoms. The zero-order chi connectivity index (χ0) is 15.4. The number of amides is 1. The summed E-state index contributed by atoms with van der Waals surface area (Å²) in [5.74, 6) is 0.719. The molecule has 0 aliphatic heterocycles. The van der Waals surface area contributed by atoms with Crippen molar-refractivity contribution >= 4 is 22.4 Å². The summed E-state index contributed by atoms with van der Waals surface area (Å²) in [5.41, 5.74) is 1.56. The van der Waals surface area contributed by atoms with Crippen LogP contribution in [0.2, 0.25) is 0 Å². The third-order valence-corrected chi connectivity index (χ3v) is 4.29. The molecule has 1 amide bonds. The maximum absolute atomic E-state index is 12.1. The fraction of sp³-hybridized carbons (Fsp3) is 0.375. The molecule has 1 aromatic carbocycles. The van der Waals surface area contributed by atoms with Gasteiger partial charge < -0.3 is 15.4 Å². The van der Waals surface area contributed by atoms with Crippen molar-refractivity contribution in [1.29, 1.82) is 0 Å². The Balaban J connectivity index is 1.50. The van der Waals surface area contributed by atoms with E-state index in [1.54, 1.807) is 12.5 Å². The third kappa shape index (κ3) is 3.76. The van der Waals surface area contributed by atoms with E-state index in [1.807, 2.05) is 24.3 Å². The molecule has 1 saturated carbocycles. The van der Waals surface area contributed by atoms with E-state index in [-0.39, 0.29) is 5.91 Å². The average Bonchev–Trinajstić information content (AvgIpc) is 3.22. The van der Waals surface area contributed by atoms with Gasteiger partial charge in [0.15, 0.2) is 5.13 Å². The van der Waals surface area contributed by atoms with Crippen LogP contribution in [0.25, 0.3) is 0 Å². The van der Waals surface area contributed by atoms with Crippen LogP contribution in [0, 0.1) is 0 Å². The summed E-state index contributed by atoms with van der Waals surface area (Å²) in [6, 6.07) is 8.38. The molecule has 2 aromatic rings. The predicted octanol–water partition coefficient (Wildman–Crippen LogP) is 2.70. The van der Waals surface area contributed by atoms with Crippen molar-refractivity contribution in [2.45, 2.75) is 25.3 Å². The number of benzene rings is 1. The fourth-order valence-electron chi connectivity index (χ4n) is 2.16. The van der Waals surface area contributed by atoms with E-state index < -0.39 is 0 Å². The van der Waals surface area contributed by atoms with Crippen molar-refractivity contribution in [1.82, 2.24) is 10.3 Å². The lowest BCUT2D eigenvalue weighted by molar-refractivity contribution is 0.0950. The minimum absolute atomic E-state index is 0.130. The van der Waals surface area contributed by atoms with Gasteiger partial charge in [-0.05, 0) is 30.9 Å². The SMILES string of the molecule is COc1ccccc1CCNC(=O)c1csc(NC2CC2)n1. The van der Waals surface area contributed by atoms with Gasteiger partial charge in [-0.25, -0.2) is 4.98 Å². The van der Waals surface area contributed by atoms with Crippen LogP contribution < -0.4 is 15.4 Å². The van der Waals surface area contributed by atoms with Crippen molar-refractivity contribution in [3.8, 4) is 5.75 Å². The molecule has 0 saturated heterocycles. The molecule has 2 N–H and O–H groups in total. The van der Waals surface area contributed by atoms with Crippen LogP contribution in [0.15, 0.2) is 29.6 Å². The third-order valence-electron chi connectivity index (χ3n) is 3.51. The number of nitrogens with zero attached hydrogens (tertiary/aromatic N) is 1. The summed E-state index contributed by atoms with van der Waals surface area (Å²) in [7, 11) is 1.65. The zero-order valence-electron chi connectivity index (χ0n) is 12.5. The Morgan fingerprint density at radius 3 is 3.00 bits per heavy atom. The number of methoxy groups -OCH3 is 1. The standard InChI is InChI=1S/C16H19N3O2S/c1-21-14-5-3-2-4-11(14)8-9-17-15(20)13-10-22-16(19-13)18-12-6-7-12/h2-5,10,12H,6-9H2,1H3,(H,17,20)(H,18,19). The number of para-hydroxylation sites is 1. The van der Waals surface area contributed by atoms with Gasteiger partial charge in [-0.3, -0.25) is 4.79 Å². The number of thiazole rings is 1. The molecule has 1 fully saturated rings. The molecule has 0 unspecified atom stereocenters. The number of anilines is 1. The molecule has 3 rings (SSSR count). The first-order valence-electron chi connectivity index (χ1n) is 7.38. The summed E-state index contributed by atoms with van der Waals surface area (Å²) in [4.78, 5) is 16.4. The Kier molecular flexibility index (Phi) is 4.58. The first-order valence-corrected chi connectivity index (χ1v) is 8.26. The van der Waals surface area contributed by atoms with Gasteiger partial charge in [0.05, 0.1) is 7.11 Å². The van der Waals surface area contributed by atoms with Crippen molar-refractivity contribution in [3.05, 3.63) is 40.9 Å². The number of nitrogens with one attached hydrogen (secondary N) is 2.